The summed E-state index contributed by atoms with van der Waals surface area (Å²) in [7, 11) is 0. The Balaban J connectivity index is 1.63. The molecule has 0 unspecified atom stereocenters. The number of rotatable bonds is 8. The van der Waals surface area contributed by atoms with Gasteiger partial charge in [-0.3, -0.25) is 4.79 Å². The number of hydrogen-bond acceptors (Lipinski definition) is 4. The van der Waals surface area contributed by atoms with Gasteiger partial charge in [0.05, 0.1) is 0 Å². The fourth-order valence-electron chi connectivity index (χ4n) is 2.65. The minimum atomic E-state index is 0.0354. The molecular formula is C21H21N3O2. The van der Waals surface area contributed by atoms with Crippen LogP contribution in [-0.4, -0.2) is 27.5 Å². The van der Waals surface area contributed by atoms with Crippen LogP contribution in [0.4, 0.5) is 0 Å². The summed E-state index contributed by atoms with van der Waals surface area (Å²) >= 11 is 0. The number of aryl methyl sites for hydroxylation is 1. The van der Waals surface area contributed by atoms with Crippen LogP contribution in [0.3, 0.4) is 0 Å². The topological polar surface area (TPSA) is 59.2 Å². The molecule has 0 atom stereocenters. The van der Waals surface area contributed by atoms with E-state index in [9.17, 15) is 4.79 Å². The molecule has 1 aromatic heterocycles. The van der Waals surface area contributed by atoms with E-state index in [0.717, 1.165) is 11.1 Å². The molecule has 3 aromatic rings. The number of nitrogens with zero attached hydrogens (tertiary/aromatic N) is 3. The fourth-order valence-corrected chi connectivity index (χ4v) is 2.65. The normalized spacial score (nSPS) is 10.5. The summed E-state index contributed by atoms with van der Waals surface area (Å²) in [5.41, 5.74) is 2.02. The van der Waals surface area contributed by atoms with Crippen LogP contribution in [0.2, 0.25) is 0 Å². The summed E-state index contributed by atoms with van der Waals surface area (Å²) in [6, 6.07) is 19.6. The van der Waals surface area contributed by atoms with Gasteiger partial charge >= 0.3 is 0 Å². The first-order chi connectivity index (χ1) is 12.8. The first kappa shape index (κ1) is 17.6. The van der Waals surface area contributed by atoms with Crippen LogP contribution in [0.5, 0.6) is 0 Å². The molecule has 132 valence electrons. The van der Waals surface area contributed by atoms with Gasteiger partial charge in [-0.15, -0.1) is 6.58 Å². The summed E-state index contributed by atoms with van der Waals surface area (Å²) in [6.07, 6.45) is 2.83. The molecule has 0 fully saturated rings. The monoisotopic (exact) mass is 347 g/mol. The smallest absolute Gasteiger partial charge is 0.246 e. The summed E-state index contributed by atoms with van der Waals surface area (Å²) in [4.78, 5) is 18.7. The van der Waals surface area contributed by atoms with E-state index in [2.05, 4.69) is 16.7 Å². The maximum absolute atomic E-state index is 12.6. The SMILES string of the molecule is C=CCN(Cc1nc(-c2ccccc2)no1)C(=O)CCc1ccccc1. The van der Waals surface area contributed by atoms with Crippen molar-refractivity contribution in [2.24, 2.45) is 0 Å². The van der Waals surface area contributed by atoms with E-state index in [1.54, 1.807) is 11.0 Å². The zero-order valence-electron chi connectivity index (χ0n) is 14.5. The highest BCUT2D eigenvalue weighted by atomic mass is 16.5. The molecule has 1 heterocycles. The number of amides is 1. The van der Waals surface area contributed by atoms with E-state index < -0.39 is 0 Å². The molecule has 0 saturated carbocycles. The standard InChI is InChI=1S/C21H21N3O2/c1-2-15-24(20(25)14-13-17-9-5-3-6-10-17)16-19-22-21(23-26-19)18-11-7-4-8-12-18/h2-12H,1,13-16H2. The van der Waals surface area contributed by atoms with Crippen LogP contribution in [0.1, 0.15) is 17.9 Å². The average Bonchev–Trinajstić information content (AvgIpc) is 3.16. The van der Waals surface area contributed by atoms with Crippen LogP contribution < -0.4 is 0 Å². The molecule has 0 aliphatic carbocycles. The zero-order valence-corrected chi connectivity index (χ0v) is 14.5. The third-order valence-corrected chi connectivity index (χ3v) is 4.00. The van der Waals surface area contributed by atoms with E-state index in [1.165, 1.54) is 0 Å². The molecule has 0 N–H and O–H groups in total. The van der Waals surface area contributed by atoms with E-state index >= 15 is 0 Å². The molecule has 0 aliphatic heterocycles. The largest absolute Gasteiger partial charge is 0.337 e. The van der Waals surface area contributed by atoms with Crippen LogP contribution in [0.25, 0.3) is 11.4 Å². The Morgan fingerprint density at radius 3 is 2.46 bits per heavy atom. The lowest BCUT2D eigenvalue weighted by molar-refractivity contribution is -0.131. The van der Waals surface area contributed by atoms with Crippen molar-refractivity contribution in [3.63, 3.8) is 0 Å². The van der Waals surface area contributed by atoms with Gasteiger partial charge in [0.1, 0.15) is 6.54 Å². The quantitative estimate of drug-likeness (QED) is 0.580. The van der Waals surface area contributed by atoms with Crippen molar-refractivity contribution in [2.45, 2.75) is 19.4 Å². The maximum Gasteiger partial charge on any atom is 0.246 e. The number of aromatic nitrogens is 2. The average molecular weight is 347 g/mol. The van der Waals surface area contributed by atoms with Crippen LogP contribution in [0.15, 0.2) is 77.8 Å². The van der Waals surface area contributed by atoms with Crippen LogP contribution in [-0.2, 0) is 17.8 Å². The highest BCUT2D eigenvalue weighted by Crippen LogP contribution is 2.16. The Labute approximate surface area is 153 Å². The third kappa shape index (κ3) is 4.66. The molecule has 1 amide bonds. The molecular weight excluding hydrogens is 326 g/mol. The second kappa shape index (κ2) is 8.76. The van der Waals surface area contributed by atoms with Crippen molar-refractivity contribution in [1.29, 1.82) is 0 Å². The van der Waals surface area contributed by atoms with Crippen LogP contribution >= 0.6 is 0 Å². The van der Waals surface area contributed by atoms with Crippen LogP contribution in [0, 0.1) is 0 Å². The Morgan fingerprint density at radius 2 is 1.77 bits per heavy atom. The lowest BCUT2D eigenvalue weighted by Gasteiger charge is -2.19. The van der Waals surface area contributed by atoms with Crippen molar-refractivity contribution in [2.75, 3.05) is 6.54 Å². The second-order valence-electron chi connectivity index (χ2n) is 5.93. The molecule has 0 radical (unpaired) electrons. The highest BCUT2D eigenvalue weighted by Gasteiger charge is 2.17. The van der Waals surface area contributed by atoms with Gasteiger partial charge in [-0.1, -0.05) is 71.9 Å². The molecule has 26 heavy (non-hydrogen) atoms. The van der Waals surface area contributed by atoms with Gasteiger partial charge < -0.3 is 9.42 Å². The number of carbonyl (C=O) groups excluding carboxylic acids is 1. The van der Waals surface area contributed by atoms with Gasteiger partial charge in [-0.2, -0.15) is 4.98 Å². The van der Waals surface area contributed by atoms with E-state index in [4.69, 9.17) is 4.52 Å². The second-order valence-corrected chi connectivity index (χ2v) is 5.93. The maximum atomic E-state index is 12.6. The predicted octanol–water partition coefficient (Wildman–Crippen LogP) is 3.88. The minimum absolute atomic E-state index is 0.0354. The molecule has 5 heteroatoms. The lowest BCUT2D eigenvalue weighted by atomic mass is 10.1. The van der Waals surface area contributed by atoms with Crippen molar-refractivity contribution in [3.8, 4) is 11.4 Å². The van der Waals surface area contributed by atoms with Gasteiger partial charge in [0.2, 0.25) is 17.6 Å². The number of hydrogen-bond donors (Lipinski definition) is 0. The van der Waals surface area contributed by atoms with E-state index in [1.807, 2.05) is 60.7 Å². The molecule has 3 rings (SSSR count). The van der Waals surface area contributed by atoms with Gasteiger partial charge in [-0.05, 0) is 12.0 Å². The summed E-state index contributed by atoms with van der Waals surface area (Å²) in [5.74, 6) is 0.975. The van der Waals surface area contributed by atoms with E-state index in [-0.39, 0.29) is 12.5 Å². The molecule has 0 spiro atoms. The fraction of sp³-hybridized carbons (Fsp3) is 0.190. The van der Waals surface area contributed by atoms with Crippen molar-refractivity contribution in [3.05, 3.63) is 84.8 Å². The Bertz CT molecular complexity index is 844. The predicted molar refractivity (Wildman–Crippen MR) is 100 cm³/mol. The lowest BCUT2D eigenvalue weighted by Crippen LogP contribution is -2.31. The highest BCUT2D eigenvalue weighted by molar-refractivity contribution is 5.76. The Kier molecular flexibility index (Phi) is 5.93. The van der Waals surface area contributed by atoms with Crippen molar-refractivity contribution >= 4 is 5.91 Å². The van der Waals surface area contributed by atoms with Gasteiger partial charge in [0, 0.05) is 18.5 Å². The van der Waals surface area contributed by atoms with Crippen molar-refractivity contribution in [1.82, 2.24) is 15.0 Å². The third-order valence-electron chi connectivity index (χ3n) is 4.00. The minimum Gasteiger partial charge on any atom is -0.337 e. The Hall–Kier alpha value is -3.21. The number of carbonyl (C=O) groups is 1. The summed E-state index contributed by atoms with van der Waals surface area (Å²) in [6.45, 7) is 4.45. The first-order valence-corrected chi connectivity index (χ1v) is 8.57. The molecule has 0 bridgehead atoms. The summed E-state index contributed by atoms with van der Waals surface area (Å²) in [5, 5.41) is 4.00. The Morgan fingerprint density at radius 1 is 1.08 bits per heavy atom. The van der Waals surface area contributed by atoms with Gasteiger partial charge in [-0.25, -0.2) is 0 Å². The molecule has 5 nitrogen and oxygen atoms in total. The first-order valence-electron chi connectivity index (χ1n) is 8.57. The summed E-state index contributed by atoms with van der Waals surface area (Å²) < 4.78 is 5.32. The van der Waals surface area contributed by atoms with E-state index in [0.29, 0.717) is 31.1 Å². The molecule has 0 aliphatic rings. The number of benzene rings is 2. The molecule has 2 aromatic carbocycles. The van der Waals surface area contributed by atoms with Gasteiger partial charge in [0.25, 0.3) is 0 Å². The molecule has 0 saturated heterocycles. The zero-order chi connectivity index (χ0) is 18.2. The van der Waals surface area contributed by atoms with Gasteiger partial charge in [0.15, 0.2) is 0 Å². The van der Waals surface area contributed by atoms with Crippen molar-refractivity contribution < 1.29 is 9.32 Å².